The summed E-state index contributed by atoms with van der Waals surface area (Å²) in [6, 6.07) is 7.14. The third-order valence-electron chi connectivity index (χ3n) is 1.75. The quantitative estimate of drug-likeness (QED) is 0.853. The Balaban J connectivity index is 2.51. The third-order valence-corrected chi connectivity index (χ3v) is 1.75. The summed E-state index contributed by atoms with van der Waals surface area (Å²) in [5.74, 6) is 0.783. The minimum Gasteiger partial charge on any atom is -0.494 e. The fraction of sp³-hybridized carbons (Fsp3) is 0.417. The van der Waals surface area contributed by atoms with E-state index in [9.17, 15) is 4.79 Å². The van der Waals surface area contributed by atoms with E-state index in [1.165, 1.54) is 0 Å². The molecular weight excluding hydrogens is 206 g/mol. The van der Waals surface area contributed by atoms with Gasteiger partial charge in [0.2, 0.25) is 0 Å². The summed E-state index contributed by atoms with van der Waals surface area (Å²) in [6.07, 6.45) is -0.568. The number of amides is 1. The SMILES string of the molecule is CCOc1ccc(NC(=O)OC(C)C)cc1. The van der Waals surface area contributed by atoms with E-state index < -0.39 is 6.09 Å². The van der Waals surface area contributed by atoms with Crippen molar-refractivity contribution in [1.82, 2.24) is 0 Å². The molecule has 0 bridgehead atoms. The van der Waals surface area contributed by atoms with Crippen LogP contribution in [0.3, 0.4) is 0 Å². The van der Waals surface area contributed by atoms with Crippen molar-refractivity contribution in [2.24, 2.45) is 0 Å². The van der Waals surface area contributed by atoms with Crippen LogP contribution in [0.25, 0.3) is 0 Å². The van der Waals surface area contributed by atoms with E-state index in [1.807, 2.05) is 6.92 Å². The molecule has 0 heterocycles. The van der Waals surface area contributed by atoms with Gasteiger partial charge in [-0.1, -0.05) is 0 Å². The van der Waals surface area contributed by atoms with Gasteiger partial charge < -0.3 is 9.47 Å². The molecule has 0 aliphatic rings. The molecule has 16 heavy (non-hydrogen) atoms. The summed E-state index contributed by atoms with van der Waals surface area (Å²) in [5.41, 5.74) is 0.689. The van der Waals surface area contributed by atoms with Gasteiger partial charge in [-0.2, -0.15) is 0 Å². The largest absolute Gasteiger partial charge is 0.494 e. The molecule has 0 atom stereocenters. The number of ether oxygens (including phenoxy) is 2. The highest BCUT2D eigenvalue weighted by atomic mass is 16.6. The van der Waals surface area contributed by atoms with Crippen LogP contribution in [0.2, 0.25) is 0 Å². The van der Waals surface area contributed by atoms with Crippen molar-refractivity contribution in [3.05, 3.63) is 24.3 Å². The monoisotopic (exact) mass is 223 g/mol. The second-order valence-electron chi connectivity index (χ2n) is 3.54. The zero-order chi connectivity index (χ0) is 12.0. The van der Waals surface area contributed by atoms with Crippen LogP contribution in [0, 0.1) is 0 Å². The fourth-order valence-corrected chi connectivity index (χ4v) is 1.16. The van der Waals surface area contributed by atoms with Gasteiger partial charge in [-0.25, -0.2) is 4.79 Å². The van der Waals surface area contributed by atoms with Gasteiger partial charge in [-0.05, 0) is 45.0 Å². The third kappa shape index (κ3) is 4.21. The Hall–Kier alpha value is -1.71. The molecule has 0 radical (unpaired) electrons. The molecule has 0 unspecified atom stereocenters. The van der Waals surface area contributed by atoms with E-state index in [1.54, 1.807) is 38.1 Å². The van der Waals surface area contributed by atoms with Crippen LogP contribution in [-0.4, -0.2) is 18.8 Å². The molecule has 0 saturated carbocycles. The van der Waals surface area contributed by atoms with E-state index in [0.717, 1.165) is 5.75 Å². The minimum atomic E-state index is -0.445. The lowest BCUT2D eigenvalue weighted by Crippen LogP contribution is -2.17. The molecule has 1 aromatic rings. The summed E-state index contributed by atoms with van der Waals surface area (Å²) < 4.78 is 10.2. The minimum absolute atomic E-state index is 0.123. The molecular formula is C12H17NO3. The van der Waals surface area contributed by atoms with Crippen LogP contribution in [0.15, 0.2) is 24.3 Å². The van der Waals surface area contributed by atoms with Crippen molar-refractivity contribution in [2.45, 2.75) is 26.9 Å². The van der Waals surface area contributed by atoms with Crippen molar-refractivity contribution in [3.8, 4) is 5.75 Å². The summed E-state index contributed by atoms with van der Waals surface area (Å²) in [4.78, 5) is 11.3. The zero-order valence-electron chi connectivity index (χ0n) is 9.82. The van der Waals surface area contributed by atoms with Crippen molar-refractivity contribution >= 4 is 11.8 Å². The number of hydrogen-bond acceptors (Lipinski definition) is 3. The average molecular weight is 223 g/mol. The van der Waals surface area contributed by atoms with E-state index in [4.69, 9.17) is 9.47 Å². The van der Waals surface area contributed by atoms with Gasteiger partial charge in [0.1, 0.15) is 5.75 Å². The van der Waals surface area contributed by atoms with Crippen molar-refractivity contribution in [3.63, 3.8) is 0 Å². The summed E-state index contributed by atoms with van der Waals surface area (Å²) >= 11 is 0. The predicted molar refractivity (Wildman–Crippen MR) is 62.9 cm³/mol. The van der Waals surface area contributed by atoms with Gasteiger partial charge in [0.15, 0.2) is 0 Å². The van der Waals surface area contributed by atoms with E-state index in [-0.39, 0.29) is 6.10 Å². The van der Waals surface area contributed by atoms with Gasteiger partial charge in [0.05, 0.1) is 12.7 Å². The van der Waals surface area contributed by atoms with Gasteiger partial charge in [0, 0.05) is 5.69 Å². The molecule has 88 valence electrons. The second kappa shape index (κ2) is 6.00. The Morgan fingerprint density at radius 3 is 2.44 bits per heavy atom. The smallest absolute Gasteiger partial charge is 0.411 e. The number of carbonyl (C=O) groups excluding carboxylic acids is 1. The van der Waals surface area contributed by atoms with Gasteiger partial charge >= 0.3 is 6.09 Å². The highest BCUT2D eigenvalue weighted by molar-refractivity contribution is 5.84. The number of carbonyl (C=O) groups is 1. The molecule has 0 saturated heterocycles. The molecule has 1 amide bonds. The molecule has 0 fully saturated rings. The first-order chi connectivity index (χ1) is 7.61. The predicted octanol–water partition coefficient (Wildman–Crippen LogP) is 3.04. The first-order valence-electron chi connectivity index (χ1n) is 5.32. The van der Waals surface area contributed by atoms with Crippen LogP contribution in [-0.2, 0) is 4.74 Å². The second-order valence-corrected chi connectivity index (χ2v) is 3.54. The lowest BCUT2D eigenvalue weighted by atomic mass is 10.3. The van der Waals surface area contributed by atoms with Crippen LogP contribution < -0.4 is 10.1 Å². The van der Waals surface area contributed by atoms with Gasteiger partial charge in [0.25, 0.3) is 0 Å². The molecule has 1 aromatic carbocycles. The number of benzene rings is 1. The fourth-order valence-electron chi connectivity index (χ4n) is 1.16. The lowest BCUT2D eigenvalue weighted by Gasteiger charge is -2.10. The van der Waals surface area contributed by atoms with Crippen LogP contribution >= 0.6 is 0 Å². The molecule has 0 aliphatic carbocycles. The standard InChI is InChI=1S/C12H17NO3/c1-4-15-11-7-5-10(6-8-11)13-12(14)16-9(2)3/h5-9H,4H2,1-3H3,(H,13,14). The van der Waals surface area contributed by atoms with E-state index >= 15 is 0 Å². The normalized spacial score (nSPS) is 10.0. The van der Waals surface area contributed by atoms with Gasteiger partial charge in [-0.3, -0.25) is 5.32 Å². The van der Waals surface area contributed by atoms with Crippen LogP contribution in [0.1, 0.15) is 20.8 Å². The number of rotatable bonds is 4. The Morgan fingerprint density at radius 2 is 1.94 bits per heavy atom. The first kappa shape index (κ1) is 12.4. The van der Waals surface area contributed by atoms with Crippen LogP contribution in [0.4, 0.5) is 10.5 Å². The van der Waals surface area contributed by atoms with Gasteiger partial charge in [-0.15, -0.1) is 0 Å². The maximum atomic E-state index is 11.3. The topological polar surface area (TPSA) is 47.6 Å². The Morgan fingerprint density at radius 1 is 1.31 bits per heavy atom. The van der Waals surface area contributed by atoms with Crippen molar-refractivity contribution in [1.29, 1.82) is 0 Å². The average Bonchev–Trinajstić information content (AvgIpc) is 2.20. The highest BCUT2D eigenvalue weighted by Gasteiger charge is 2.05. The van der Waals surface area contributed by atoms with E-state index in [0.29, 0.717) is 12.3 Å². The number of nitrogens with one attached hydrogen (secondary N) is 1. The highest BCUT2D eigenvalue weighted by Crippen LogP contribution is 2.15. The Labute approximate surface area is 95.6 Å². The molecule has 1 rings (SSSR count). The molecule has 0 aromatic heterocycles. The molecule has 4 heteroatoms. The molecule has 1 N–H and O–H groups in total. The first-order valence-corrected chi connectivity index (χ1v) is 5.32. The Kier molecular flexibility index (Phi) is 4.64. The molecule has 4 nitrogen and oxygen atoms in total. The van der Waals surface area contributed by atoms with Crippen LogP contribution in [0.5, 0.6) is 5.75 Å². The van der Waals surface area contributed by atoms with Crippen molar-refractivity contribution < 1.29 is 14.3 Å². The Bertz CT molecular complexity index is 333. The zero-order valence-corrected chi connectivity index (χ0v) is 9.82. The summed E-state index contributed by atoms with van der Waals surface area (Å²) in [5, 5.41) is 2.63. The lowest BCUT2D eigenvalue weighted by molar-refractivity contribution is 0.130. The maximum absolute atomic E-state index is 11.3. The summed E-state index contributed by atoms with van der Waals surface area (Å²) in [6.45, 7) is 6.16. The number of anilines is 1. The maximum Gasteiger partial charge on any atom is 0.411 e. The van der Waals surface area contributed by atoms with E-state index in [2.05, 4.69) is 5.32 Å². The number of hydrogen-bond donors (Lipinski definition) is 1. The molecule has 0 spiro atoms. The summed E-state index contributed by atoms with van der Waals surface area (Å²) in [7, 11) is 0. The molecule has 0 aliphatic heterocycles. The van der Waals surface area contributed by atoms with Crippen molar-refractivity contribution in [2.75, 3.05) is 11.9 Å².